The molecule has 9 heteroatoms. The van der Waals surface area contributed by atoms with Crippen LogP contribution in [-0.4, -0.2) is 42.7 Å². The van der Waals surface area contributed by atoms with Gasteiger partial charge in [-0.05, 0) is 42.5 Å². The highest BCUT2D eigenvalue weighted by Crippen LogP contribution is 2.30. The molecule has 3 rings (SSSR count). The van der Waals surface area contributed by atoms with E-state index in [-0.39, 0.29) is 29.1 Å². The number of nitrogens with one attached hydrogen (secondary N) is 2. The number of hydrogen-bond acceptors (Lipinski definition) is 6. The van der Waals surface area contributed by atoms with Crippen molar-refractivity contribution in [3.8, 4) is 12.3 Å². The van der Waals surface area contributed by atoms with Gasteiger partial charge in [0.15, 0.2) is 6.61 Å². The van der Waals surface area contributed by atoms with E-state index in [1.54, 1.807) is 12.1 Å². The Labute approximate surface area is 177 Å². The number of benzene rings is 2. The van der Waals surface area contributed by atoms with Crippen LogP contribution in [0, 0.1) is 12.3 Å². The predicted molar refractivity (Wildman–Crippen MR) is 110 cm³/mol. The predicted octanol–water partition coefficient (Wildman–Crippen LogP) is 1.35. The Bertz CT molecular complexity index is 1130. The number of terminal acetylenes is 1. The third-order valence-electron chi connectivity index (χ3n) is 4.29. The first-order valence-corrected chi connectivity index (χ1v) is 9.09. The SMILES string of the molecule is C#CCNC(=O)COC(=O)c1ccc2c(c1)C(=O)N(c1ccc(NC(C)=O)cc1)C2=O. The lowest BCUT2D eigenvalue weighted by atomic mass is 10.1. The summed E-state index contributed by atoms with van der Waals surface area (Å²) in [7, 11) is 0. The molecule has 9 nitrogen and oxygen atoms in total. The van der Waals surface area contributed by atoms with Gasteiger partial charge in [-0.15, -0.1) is 6.42 Å². The van der Waals surface area contributed by atoms with Crippen molar-refractivity contribution in [1.29, 1.82) is 0 Å². The van der Waals surface area contributed by atoms with Crippen molar-refractivity contribution in [1.82, 2.24) is 5.32 Å². The monoisotopic (exact) mass is 419 g/mol. The Morgan fingerprint density at radius 1 is 1.03 bits per heavy atom. The number of anilines is 2. The maximum Gasteiger partial charge on any atom is 0.338 e. The first kappa shape index (κ1) is 21.3. The standard InChI is InChI=1S/C22H17N3O6/c1-3-10-23-19(27)12-31-22(30)14-4-9-17-18(11-14)21(29)25(20(17)28)16-7-5-15(6-8-16)24-13(2)26/h1,4-9,11H,10,12H2,2H3,(H,23,27)(H,24,26). The van der Waals surface area contributed by atoms with Crippen LogP contribution in [0.1, 0.15) is 38.0 Å². The maximum atomic E-state index is 12.8. The second kappa shape index (κ2) is 8.92. The van der Waals surface area contributed by atoms with E-state index in [0.717, 1.165) is 4.90 Å². The zero-order chi connectivity index (χ0) is 22.5. The molecule has 0 atom stereocenters. The van der Waals surface area contributed by atoms with Gasteiger partial charge >= 0.3 is 5.97 Å². The number of amides is 4. The fourth-order valence-electron chi connectivity index (χ4n) is 2.91. The first-order chi connectivity index (χ1) is 14.8. The van der Waals surface area contributed by atoms with Gasteiger partial charge in [0, 0.05) is 12.6 Å². The molecule has 2 N–H and O–H groups in total. The second-order valence-corrected chi connectivity index (χ2v) is 6.49. The molecule has 0 fully saturated rings. The third kappa shape index (κ3) is 4.59. The molecule has 2 aromatic carbocycles. The van der Waals surface area contributed by atoms with Gasteiger partial charge in [0.25, 0.3) is 17.7 Å². The van der Waals surface area contributed by atoms with E-state index < -0.39 is 30.3 Å². The Morgan fingerprint density at radius 3 is 2.35 bits per heavy atom. The van der Waals surface area contributed by atoms with E-state index in [1.165, 1.54) is 37.3 Å². The topological polar surface area (TPSA) is 122 Å². The first-order valence-electron chi connectivity index (χ1n) is 9.09. The van der Waals surface area contributed by atoms with Gasteiger partial charge < -0.3 is 15.4 Å². The molecular weight excluding hydrogens is 402 g/mol. The molecule has 0 saturated carbocycles. The quantitative estimate of drug-likeness (QED) is 0.414. The molecule has 2 aromatic rings. The lowest BCUT2D eigenvalue weighted by Gasteiger charge is -2.14. The van der Waals surface area contributed by atoms with Crippen molar-refractivity contribution < 1.29 is 28.7 Å². The summed E-state index contributed by atoms with van der Waals surface area (Å²) in [5.74, 6) is -0.558. The molecule has 4 amide bonds. The maximum absolute atomic E-state index is 12.8. The molecule has 0 unspecified atom stereocenters. The highest BCUT2D eigenvalue weighted by Gasteiger charge is 2.37. The van der Waals surface area contributed by atoms with E-state index in [1.807, 2.05) is 0 Å². The highest BCUT2D eigenvalue weighted by atomic mass is 16.5. The average Bonchev–Trinajstić information content (AvgIpc) is 3.00. The minimum atomic E-state index is -0.822. The van der Waals surface area contributed by atoms with Gasteiger partial charge in [-0.1, -0.05) is 5.92 Å². The number of nitrogens with zero attached hydrogens (tertiary/aromatic N) is 1. The van der Waals surface area contributed by atoms with Crippen molar-refractivity contribution in [3.05, 3.63) is 59.2 Å². The van der Waals surface area contributed by atoms with Crippen LogP contribution in [0.15, 0.2) is 42.5 Å². The zero-order valence-electron chi connectivity index (χ0n) is 16.4. The lowest BCUT2D eigenvalue weighted by molar-refractivity contribution is -0.124. The van der Waals surface area contributed by atoms with Crippen molar-refractivity contribution in [3.63, 3.8) is 0 Å². The highest BCUT2D eigenvalue weighted by molar-refractivity contribution is 6.34. The van der Waals surface area contributed by atoms with Crippen LogP contribution < -0.4 is 15.5 Å². The number of fused-ring (bicyclic) bond motifs is 1. The number of ether oxygens (including phenoxy) is 1. The van der Waals surface area contributed by atoms with Gasteiger partial charge in [0.2, 0.25) is 5.91 Å². The fourth-order valence-corrected chi connectivity index (χ4v) is 2.91. The fraction of sp³-hybridized carbons (Fsp3) is 0.136. The van der Waals surface area contributed by atoms with E-state index in [4.69, 9.17) is 11.2 Å². The van der Waals surface area contributed by atoms with Gasteiger partial charge in [0.1, 0.15) is 0 Å². The number of imide groups is 1. The summed E-state index contributed by atoms with van der Waals surface area (Å²) < 4.78 is 4.90. The largest absolute Gasteiger partial charge is 0.452 e. The van der Waals surface area contributed by atoms with Crippen molar-refractivity contribution in [2.24, 2.45) is 0 Å². The molecule has 1 aliphatic rings. The Balaban J connectivity index is 1.76. The number of carbonyl (C=O) groups is 5. The molecule has 1 heterocycles. The van der Waals surface area contributed by atoms with Crippen molar-refractivity contribution >= 4 is 41.0 Å². The van der Waals surface area contributed by atoms with E-state index in [9.17, 15) is 24.0 Å². The minimum Gasteiger partial charge on any atom is -0.452 e. The van der Waals surface area contributed by atoms with Crippen LogP contribution in [0.5, 0.6) is 0 Å². The second-order valence-electron chi connectivity index (χ2n) is 6.49. The van der Waals surface area contributed by atoms with Crippen LogP contribution in [0.3, 0.4) is 0 Å². The summed E-state index contributed by atoms with van der Waals surface area (Å²) in [4.78, 5) is 61.3. The van der Waals surface area contributed by atoms with Crippen LogP contribution in [0.4, 0.5) is 11.4 Å². The summed E-state index contributed by atoms with van der Waals surface area (Å²) in [5.41, 5.74) is 1.03. The van der Waals surface area contributed by atoms with Crippen LogP contribution in [0.2, 0.25) is 0 Å². The zero-order valence-corrected chi connectivity index (χ0v) is 16.4. The Kier molecular flexibility index (Phi) is 6.12. The van der Waals surface area contributed by atoms with E-state index in [0.29, 0.717) is 11.4 Å². The molecule has 0 bridgehead atoms. The normalized spacial score (nSPS) is 12.1. The summed E-state index contributed by atoms with van der Waals surface area (Å²) in [5, 5.41) is 4.95. The number of esters is 1. The summed E-state index contributed by atoms with van der Waals surface area (Å²) in [6.07, 6.45) is 5.03. The summed E-state index contributed by atoms with van der Waals surface area (Å²) in [6, 6.07) is 10.1. The number of rotatable bonds is 6. The molecule has 0 aliphatic carbocycles. The average molecular weight is 419 g/mol. The van der Waals surface area contributed by atoms with Crippen LogP contribution in [-0.2, 0) is 14.3 Å². The lowest BCUT2D eigenvalue weighted by Crippen LogP contribution is -2.29. The molecule has 31 heavy (non-hydrogen) atoms. The van der Waals surface area contributed by atoms with Gasteiger partial charge in [0.05, 0.1) is 28.9 Å². The molecule has 0 radical (unpaired) electrons. The molecule has 1 aliphatic heterocycles. The number of carbonyl (C=O) groups excluding carboxylic acids is 5. The molecule has 0 spiro atoms. The van der Waals surface area contributed by atoms with Crippen LogP contribution >= 0.6 is 0 Å². The van der Waals surface area contributed by atoms with E-state index in [2.05, 4.69) is 16.6 Å². The van der Waals surface area contributed by atoms with Gasteiger partial charge in [-0.2, -0.15) is 0 Å². The molecule has 156 valence electrons. The Hall–Kier alpha value is -4.45. The molecule has 0 aromatic heterocycles. The summed E-state index contributed by atoms with van der Waals surface area (Å²) in [6.45, 7) is 0.842. The van der Waals surface area contributed by atoms with E-state index >= 15 is 0 Å². The van der Waals surface area contributed by atoms with Crippen molar-refractivity contribution in [2.45, 2.75) is 6.92 Å². The smallest absolute Gasteiger partial charge is 0.338 e. The number of hydrogen-bond donors (Lipinski definition) is 2. The molecule has 0 saturated heterocycles. The third-order valence-corrected chi connectivity index (χ3v) is 4.29. The summed E-state index contributed by atoms with van der Waals surface area (Å²) >= 11 is 0. The van der Waals surface area contributed by atoms with Crippen LogP contribution in [0.25, 0.3) is 0 Å². The van der Waals surface area contributed by atoms with Gasteiger partial charge in [-0.25, -0.2) is 9.69 Å². The van der Waals surface area contributed by atoms with Crippen molar-refractivity contribution in [2.75, 3.05) is 23.4 Å². The minimum absolute atomic E-state index is 0.00741. The van der Waals surface area contributed by atoms with Gasteiger partial charge in [-0.3, -0.25) is 19.2 Å². The molecular formula is C22H17N3O6. The Morgan fingerprint density at radius 2 is 1.71 bits per heavy atom.